The van der Waals surface area contributed by atoms with Crippen LogP contribution in [0.5, 0.6) is 0 Å². The van der Waals surface area contributed by atoms with Crippen molar-refractivity contribution in [2.24, 2.45) is 5.92 Å². The molecule has 0 atom stereocenters. The summed E-state index contributed by atoms with van der Waals surface area (Å²) in [5, 5.41) is 0. The van der Waals surface area contributed by atoms with Gasteiger partial charge < -0.3 is 0 Å². The molecule has 0 aliphatic heterocycles. The smallest absolute Gasteiger partial charge is 0.0398 e. The third-order valence-electron chi connectivity index (χ3n) is 3.07. The summed E-state index contributed by atoms with van der Waals surface area (Å²) in [5.74, 6) is 1.04. The van der Waals surface area contributed by atoms with Crippen molar-refractivity contribution in [3.63, 3.8) is 0 Å². The Labute approximate surface area is 94.7 Å². The Morgan fingerprint density at radius 2 is 1.47 bits per heavy atom. The zero-order chi connectivity index (χ0) is 11.1. The molecule has 1 aliphatic carbocycles. The van der Waals surface area contributed by atoms with E-state index in [9.17, 15) is 0 Å². The largest absolute Gasteiger partial charge is 0.0625 e. The predicted molar refractivity (Wildman–Crippen MR) is 68.2 cm³/mol. The van der Waals surface area contributed by atoms with Gasteiger partial charge in [0.15, 0.2) is 0 Å². The molecule has 2 rings (SSSR count). The molecule has 84 valence electrons. The molecule has 0 heteroatoms. The van der Waals surface area contributed by atoms with Crippen LogP contribution in [0.1, 0.15) is 50.2 Å². The molecular weight excluding hydrogens is 180 g/mol. The lowest BCUT2D eigenvalue weighted by atomic mass is 9.91. The molecule has 0 unspecified atom stereocenters. The molecule has 1 aromatic carbocycles. The summed E-state index contributed by atoms with van der Waals surface area (Å²) in [6.07, 6.45) is 7.44. The lowest BCUT2D eigenvalue weighted by Crippen LogP contribution is -1.99. The number of hydrogen-bond acceptors (Lipinski definition) is 0. The van der Waals surface area contributed by atoms with E-state index in [0.29, 0.717) is 0 Å². The molecule has 0 radical (unpaired) electrons. The average Bonchev–Trinajstić information content (AvgIpc) is 2.19. The first-order chi connectivity index (χ1) is 7.18. The van der Waals surface area contributed by atoms with Crippen molar-refractivity contribution in [2.45, 2.75) is 52.9 Å². The van der Waals surface area contributed by atoms with Gasteiger partial charge in [-0.3, -0.25) is 0 Å². The van der Waals surface area contributed by atoms with Gasteiger partial charge in [-0.25, -0.2) is 0 Å². The normalized spacial score (nSPS) is 16.7. The summed E-state index contributed by atoms with van der Waals surface area (Å²) in [6.45, 7) is 6.57. The maximum Gasteiger partial charge on any atom is -0.0398 e. The van der Waals surface area contributed by atoms with Gasteiger partial charge in [0.1, 0.15) is 0 Å². The van der Waals surface area contributed by atoms with Gasteiger partial charge in [0, 0.05) is 0 Å². The van der Waals surface area contributed by atoms with Crippen LogP contribution in [0.3, 0.4) is 0 Å². The summed E-state index contributed by atoms with van der Waals surface area (Å²) in [5.41, 5.74) is 2.68. The van der Waals surface area contributed by atoms with E-state index in [4.69, 9.17) is 0 Å². The SMILES string of the molecule is CC1CCCCC1.Cc1cccc(C)c1. The van der Waals surface area contributed by atoms with Crippen LogP contribution in [-0.4, -0.2) is 0 Å². The topological polar surface area (TPSA) is 0 Å². The van der Waals surface area contributed by atoms with E-state index in [1.54, 1.807) is 0 Å². The van der Waals surface area contributed by atoms with Crippen molar-refractivity contribution in [2.75, 3.05) is 0 Å². The maximum absolute atomic E-state index is 2.36. The van der Waals surface area contributed by atoms with E-state index in [1.807, 2.05) is 0 Å². The molecular formula is C15H24. The molecule has 1 aliphatic rings. The van der Waals surface area contributed by atoms with Crippen LogP contribution in [0, 0.1) is 19.8 Å². The summed E-state index contributed by atoms with van der Waals surface area (Å²) in [4.78, 5) is 0. The van der Waals surface area contributed by atoms with Crippen molar-refractivity contribution in [3.8, 4) is 0 Å². The highest BCUT2D eigenvalue weighted by molar-refractivity contribution is 5.20. The fourth-order valence-corrected chi connectivity index (χ4v) is 2.11. The van der Waals surface area contributed by atoms with Crippen LogP contribution < -0.4 is 0 Å². The first kappa shape index (κ1) is 12.3. The zero-order valence-electron chi connectivity index (χ0n) is 10.4. The Balaban J connectivity index is 0.000000151. The minimum absolute atomic E-state index is 1.04. The second-order valence-electron chi connectivity index (χ2n) is 4.90. The fourth-order valence-electron chi connectivity index (χ4n) is 2.11. The van der Waals surface area contributed by atoms with Crippen LogP contribution in [0.2, 0.25) is 0 Å². The Morgan fingerprint density at radius 1 is 0.933 bits per heavy atom. The highest BCUT2D eigenvalue weighted by Crippen LogP contribution is 2.22. The lowest BCUT2D eigenvalue weighted by molar-refractivity contribution is 0.385. The first-order valence-electron chi connectivity index (χ1n) is 6.22. The molecule has 1 saturated carbocycles. The van der Waals surface area contributed by atoms with Crippen molar-refractivity contribution in [1.29, 1.82) is 0 Å². The molecule has 15 heavy (non-hydrogen) atoms. The van der Waals surface area contributed by atoms with Crippen molar-refractivity contribution in [1.82, 2.24) is 0 Å². The highest BCUT2D eigenvalue weighted by atomic mass is 14.1. The van der Waals surface area contributed by atoms with Gasteiger partial charge >= 0.3 is 0 Å². The van der Waals surface area contributed by atoms with Gasteiger partial charge in [0.05, 0.1) is 0 Å². The molecule has 0 spiro atoms. The second-order valence-corrected chi connectivity index (χ2v) is 4.90. The molecule has 1 fully saturated rings. The highest BCUT2D eigenvalue weighted by Gasteiger charge is 2.05. The number of rotatable bonds is 0. The minimum Gasteiger partial charge on any atom is -0.0625 e. The van der Waals surface area contributed by atoms with Gasteiger partial charge in [0.2, 0.25) is 0 Å². The Morgan fingerprint density at radius 3 is 1.73 bits per heavy atom. The molecule has 0 heterocycles. The second kappa shape index (κ2) is 6.66. The van der Waals surface area contributed by atoms with Crippen LogP contribution in [-0.2, 0) is 0 Å². The van der Waals surface area contributed by atoms with Crippen molar-refractivity contribution in [3.05, 3.63) is 35.4 Å². The Kier molecular flexibility index (Phi) is 5.45. The average molecular weight is 204 g/mol. The van der Waals surface area contributed by atoms with Gasteiger partial charge in [0.25, 0.3) is 0 Å². The van der Waals surface area contributed by atoms with Gasteiger partial charge in [-0.1, -0.05) is 74.4 Å². The number of aryl methyl sites for hydroxylation is 2. The third kappa shape index (κ3) is 5.61. The lowest BCUT2D eigenvalue weighted by Gasteiger charge is -2.15. The van der Waals surface area contributed by atoms with Gasteiger partial charge in [-0.2, -0.15) is 0 Å². The first-order valence-corrected chi connectivity index (χ1v) is 6.22. The summed E-state index contributed by atoms with van der Waals surface area (Å²) in [6, 6.07) is 8.45. The van der Waals surface area contributed by atoms with E-state index in [1.165, 1.54) is 43.2 Å². The van der Waals surface area contributed by atoms with Crippen molar-refractivity contribution >= 4 is 0 Å². The van der Waals surface area contributed by atoms with E-state index >= 15 is 0 Å². The van der Waals surface area contributed by atoms with Crippen LogP contribution in [0.4, 0.5) is 0 Å². The van der Waals surface area contributed by atoms with Crippen LogP contribution in [0.15, 0.2) is 24.3 Å². The molecule has 0 aromatic heterocycles. The summed E-state index contributed by atoms with van der Waals surface area (Å²) in [7, 11) is 0. The van der Waals surface area contributed by atoms with Gasteiger partial charge in [-0.05, 0) is 19.8 Å². The molecule has 0 bridgehead atoms. The predicted octanol–water partition coefficient (Wildman–Crippen LogP) is 4.89. The Bertz CT molecular complexity index is 252. The van der Waals surface area contributed by atoms with E-state index < -0.39 is 0 Å². The fraction of sp³-hybridized carbons (Fsp3) is 0.600. The van der Waals surface area contributed by atoms with Crippen LogP contribution in [0.25, 0.3) is 0 Å². The molecule has 1 aromatic rings. The summed E-state index contributed by atoms with van der Waals surface area (Å²) >= 11 is 0. The Hall–Kier alpha value is -0.780. The maximum atomic E-state index is 2.36. The monoisotopic (exact) mass is 204 g/mol. The van der Waals surface area contributed by atoms with E-state index in [2.05, 4.69) is 45.0 Å². The number of hydrogen-bond donors (Lipinski definition) is 0. The van der Waals surface area contributed by atoms with E-state index in [0.717, 1.165) is 5.92 Å². The standard InChI is InChI=1S/C8H10.C7H14/c1-7-4-3-5-8(2)6-7;1-7-5-3-2-4-6-7/h3-6H,1-2H3;7H,2-6H2,1H3. The molecule has 0 amide bonds. The molecule has 0 N–H and O–H groups in total. The minimum atomic E-state index is 1.04. The van der Waals surface area contributed by atoms with Crippen LogP contribution >= 0.6 is 0 Å². The van der Waals surface area contributed by atoms with Gasteiger partial charge in [-0.15, -0.1) is 0 Å². The van der Waals surface area contributed by atoms with E-state index in [-0.39, 0.29) is 0 Å². The zero-order valence-corrected chi connectivity index (χ0v) is 10.4. The number of benzene rings is 1. The van der Waals surface area contributed by atoms with Crippen molar-refractivity contribution < 1.29 is 0 Å². The molecule has 0 nitrogen and oxygen atoms in total. The summed E-state index contributed by atoms with van der Waals surface area (Å²) < 4.78 is 0. The molecule has 0 saturated heterocycles. The third-order valence-corrected chi connectivity index (χ3v) is 3.07. The quantitative estimate of drug-likeness (QED) is 0.564.